The Morgan fingerprint density at radius 1 is 1.04 bits per heavy atom. The van der Waals surface area contributed by atoms with Gasteiger partial charge < -0.3 is 9.84 Å². The van der Waals surface area contributed by atoms with Gasteiger partial charge in [0, 0.05) is 10.8 Å². The van der Waals surface area contributed by atoms with Crippen LogP contribution in [0.25, 0.3) is 21.7 Å². The molecule has 4 nitrogen and oxygen atoms in total. The van der Waals surface area contributed by atoms with E-state index in [1.807, 2.05) is 49.4 Å². The SMILES string of the molecule is COc1cccc2cc3n[nH]c(C(C)(O)CCc4ccccc4)c3cc12. The Bertz CT molecular complexity index is 1050. The molecule has 1 unspecified atom stereocenters. The van der Waals surface area contributed by atoms with E-state index in [0.29, 0.717) is 6.42 Å². The van der Waals surface area contributed by atoms with E-state index in [2.05, 4.69) is 28.4 Å². The molecule has 132 valence electrons. The van der Waals surface area contributed by atoms with Crippen LogP contribution in [-0.2, 0) is 12.0 Å². The van der Waals surface area contributed by atoms with Crippen molar-refractivity contribution in [1.82, 2.24) is 10.2 Å². The topological polar surface area (TPSA) is 58.1 Å². The maximum Gasteiger partial charge on any atom is 0.126 e. The standard InChI is InChI=1S/C22H22N2O2/c1-22(25,12-11-15-7-4-3-5-8-15)21-18-14-17-16(13-19(18)23-24-21)9-6-10-20(17)26-2/h3-10,13-14,25H,11-12H2,1-2H3,(H,23,24). The van der Waals surface area contributed by atoms with Crippen LogP contribution in [0.1, 0.15) is 24.6 Å². The Hall–Kier alpha value is -2.85. The summed E-state index contributed by atoms with van der Waals surface area (Å²) in [6.07, 6.45) is 1.41. The summed E-state index contributed by atoms with van der Waals surface area (Å²) in [5.41, 5.74) is 1.81. The van der Waals surface area contributed by atoms with Crippen molar-refractivity contribution in [2.45, 2.75) is 25.4 Å². The summed E-state index contributed by atoms with van der Waals surface area (Å²) >= 11 is 0. The summed E-state index contributed by atoms with van der Waals surface area (Å²) in [6.45, 7) is 1.84. The lowest BCUT2D eigenvalue weighted by molar-refractivity contribution is 0.0449. The molecule has 4 rings (SSSR count). The molecule has 3 aromatic carbocycles. The number of aryl methyl sites for hydroxylation is 1. The number of hydrogen-bond acceptors (Lipinski definition) is 3. The highest BCUT2D eigenvalue weighted by Crippen LogP contribution is 2.35. The zero-order chi connectivity index (χ0) is 18.1. The van der Waals surface area contributed by atoms with Gasteiger partial charge in [-0.05, 0) is 48.9 Å². The highest BCUT2D eigenvalue weighted by atomic mass is 16.5. The van der Waals surface area contributed by atoms with Crippen LogP contribution in [0.3, 0.4) is 0 Å². The molecule has 1 atom stereocenters. The third-order valence-corrected chi connectivity index (χ3v) is 5.02. The van der Waals surface area contributed by atoms with E-state index in [4.69, 9.17) is 4.74 Å². The van der Waals surface area contributed by atoms with Crippen LogP contribution in [0.2, 0.25) is 0 Å². The van der Waals surface area contributed by atoms with Crippen molar-refractivity contribution in [2.24, 2.45) is 0 Å². The molecule has 0 saturated heterocycles. The molecule has 26 heavy (non-hydrogen) atoms. The molecule has 2 N–H and O–H groups in total. The number of aromatic amines is 1. The fourth-order valence-electron chi connectivity index (χ4n) is 3.50. The van der Waals surface area contributed by atoms with Crippen LogP contribution < -0.4 is 4.74 Å². The van der Waals surface area contributed by atoms with Crippen molar-refractivity contribution in [2.75, 3.05) is 7.11 Å². The molecule has 0 fully saturated rings. The molecule has 1 aromatic heterocycles. The molecule has 1 heterocycles. The summed E-state index contributed by atoms with van der Waals surface area (Å²) in [7, 11) is 1.67. The van der Waals surface area contributed by atoms with Crippen LogP contribution in [0.15, 0.2) is 60.7 Å². The summed E-state index contributed by atoms with van der Waals surface area (Å²) in [4.78, 5) is 0. The number of nitrogens with zero attached hydrogens (tertiary/aromatic N) is 1. The fourth-order valence-corrected chi connectivity index (χ4v) is 3.50. The second-order valence-electron chi connectivity index (χ2n) is 6.91. The van der Waals surface area contributed by atoms with Crippen molar-refractivity contribution in [3.8, 4) is 5.75 Å². The van der Waals surface area contributed by atoms with Gasteiger partial charge in [0.1, 0.15) is 11.4 Å². The fraction of sp³-hybridized carbons (Fsp3) is 0.227. The summed E-state index contributed by atoms with van der Waals surface area (Å²) in [6, 6.07) is 20.3. The maximum atomic E-state index is 11.1. The van der Waals surface area contributed by atoms with E-state index in [1.54, 1.807) is 7.11 Å². The van der Waals surface area contributed by atoms with Crippen LogP contribution >= 0.6 is 0 Å². The average Bonchev–Trinajstić information content (AvgIpc) is 3.09. The number of ether oxygens (including phenoxy) is 1. The number of rotatable bonds is 5. The van der Waals surface area contributed by atoms with E-state index in [0.717, 1.165) is 39.5 Å². The predicted octanol–water partition coefficient (Wildman–Crippen LogP) is 4.57. The van der Waals surface area contributed by atoms with Crippen LogP contribution in [-0.4, -0.2) is 22.4 Å². The molecule has 0 saturated carbocycles. The van der Waals surface area contributed by atoms with E-state index in [9.17, 15) is 5.11 Å². The van der Waals surface area contributed by atoms with Crippen molar-refractivity contribution >= 4 is 21.7 Å². The van der Waals surface area contributed by atoms with Crippen LogP contribution in [0, 0.1) is 0 Å². The van der Waals surface area contributed by atoms with E-state index >= 15 is 0 Å². The number of methoxy groups -OCH3 is 1. The Morgan fingerprint density at radius 2 is 1.85 bits per heavy atom. The Balaban J connectivity index is 1.74. The minimum absolute atomic E-state index is 0.609. The zero-order valence-electron chi connectivity index (χ0n) is 15.0. The molecule has 0 aliphatic heterocycles. The number of aliphatic hydroxyl groups is 1. The van der Waals surface area contributed by atoms with E-state index < -0.39 is 5.60 Å². The first-order valence-corrected chi connectivity index (χ1v) is 8.80. The van der Waals surface area contributed by atoms with Gasteiger partial charge in [-0.3, -0.25) is 5.10 Å². The smallest absolute Gasteiger partial charge is 0.126 e. The van der Waals surface area contributed by atoms with E-state index in [-0.39, 0.29) is 0 Å². The quantitative estimate of drug-likeness (QED) is 0.557. The van der Waals surface area contributed by atoms with Crippen molar-refractivity contribution < 1.29 is 9.84 Å². The number of H-pyrrole nitrogens is 1. The number of benzene rings is 3. The monoisotopic (exact) mass is 346 g/mol. The van der Waals surface area contributed by atoms with Gasteiger partial charge in [-0.15, -0.1) is 0 Å². The Kier molecular flexibility index (Phi) is 4.13. The first-order valence-electron chi connectivity index (χ1n) is 8.80. The molecule has 0 aliphatic carbocycles. The largest absolute Gasteiger partial charge is 0.496 e. The van der Waals surface area contributed by atoms with E-state index in [1.165, 1.54) is 5.56 Å². The molecule has 0 spiro atoms. The molecule has 0 bridgehead atoms. The third-order valence-electron chi connectivity index (χ3n) is 5.02. The molecule has 4 aromatic rings. The molecular formula is C22H22N2O2. The van der Waals surface area contributed by atoms with Crippen LogP contribution in [0.4, 0.5) is 0 Å². The highest BCUT2D eigenvalue weighted by molar-refractivity contribution is 6.00. The lowest BCUT2D eigenvalue weighted by Crippen LogP contribution is -2.23. The minimum Gasteiger partial charge on any atom is -0.496 e. The third kappa shape index (κ3) is 2.93. The normalized spacial score (nSPS) is 13.8. The maximum absolute atomic E-state index is 11.1. The highest BCUT2D eigenvalue weighted by Gasteiger charge is 2.27. The molecule has 0 radical (unpaired) electrons. The average molecular weight is 346 g/mol. The minimum atomic E-state index is -1.000. The van der Waals surface area contributed by atoms with Gasteiger partial charge in [-0.1, -0.05) is 42.5 Å². The summed E-state index contributed by atoms with van der Waals surface area (Å²) in [5, 5.41) is 21.6. The first kappa shape index (κ1) is 16.6. The predicted molar refractivity (Wildman–Crippen MR) is 104 cm³/mol. The number of nitrogens with one attached hydrogen (secondary N) is 1. The number of aromatic nitrogens is 2. The van der Waals surface area contributed by atoms with Gasteiger partial charge in [0.05, 0.1) is 18.3 Å². The zero-order valence-corrected chi connectivity index (χ0v) is 15.0. The summed E-state index contributed by atoms with van der Waals surface area (Å²) in [5.74, 6) is 0.820. The van der Waals surface area contributed by atoms with Gasteiger partial charge in [-0.25, -0.2) is 0 Å². The number of fused-ring (bicyclic) bond motifs is 2. The lowest BCUT2D eigenvalue weighted by atomic mass is 9.91. The first-order chi connectivity index (χ1) is 12.6. The second kappa shape index (κ2) is 6.46. The van der Waals surface area contributed by atoms with Crippen LogP contribution in [0.5, 0.6) is 5.75 Å². The number of hydrogen-bond donors (Lipinski definition) is 2. The van der Waals surface area contributed by atoms with Crippen molar-refractivity contribution in [1.29, 1.82) is 0 Å². The second-order valence-corrected chi connectivity index (χ2v) is 6.91. The van der Waals surface area contributed by atoms with Gasteiger partial charge >= 0.3 is 0 Å². The van der Waals surface area contributed by atoms with Gasteiger partial charge in [0.15, 0.2) is 0 Å². The molecule has 0 amide bonds. The van der Waals surface area contributed by atoms with Gasteiger partial charge in [0.2, 0.25) is 0 Å². The Morgan fingerprint density at radius 3 is 2.62 bits per heavy atom. The van der Waals surface area contributed by atoms with Gasteiger partial charge in [-0.2, -0.15) is 5.10 Å². The lowest BCUT2D eigenvalue weighted by Gasteiger charge is -2.22. The molecule has 4 heteroatoms. The Labute approximate surface area is 152 Å². The van der Waals surface area contributed by atoms with Crippen molar-refractivity contribution in [3.63, 3.8) is 0 Å². The molecule has 0 aliphatic rings. The molecular weight excluding hydrogens is 324 g/mol. The summed E-state index contributed by atoms with van der Waals surface area (Å²) < 4.78 is 5.49. The van der Waals surface area contributed by atoms with Crippen molar-refractivity contribution in [3.05, 3.63) is 71.9 Å². The van der Waals surface area contributed by atoms with Gasteiger partial charge in [0.25, 0.3) is 0 Å².